The summed E-state index contributed by atoms with van der Waals surface area (Å²) in [5.74, 6) is -0.653. The second-order valence-electron chi connectivity index (χ2n) is 5.93. The zero-order chi connectivity index (χ0) is 16.7. The van der Waals surface area contributed by atoms with E-state index in [-0.39, 0.29) is 5.56 Å². The quantitative estimate of drug-likeness (QED) is 0.786. The number of fused-ring (bicyclic) bond motifs is 1. The number of aromatic nitrogens is 1. The third kappa shape index (κ3) is 2.57. The van der Waals surface area contributed by atoms with Crippen LogP contribution >= 0.6 is 0 Å². The molecule has 0 aliphatic heterocycles. The third-order valence-electron chi connectivity index (χ3n) is 3.09. The van der Waals surface area contributed by atoms with Crippen molar-refractivity contribution in [2.24, 2.45) is 5.73 Å². The van der Waals surface area contributed by atoms with Gasteiger partial charge < -0.3 is 20.9 Å². The summed E-state index contributed by atoms with van der Waals surface area (Å²) in [5.41, 5.74) is 5.07. The molecule has 0 fully saturated rings. The Labute approximate surface area is 127 Å². The summed E-state index contributed by atoms with van der Waals surface area (Å²) in [6.45, 7) is 5.44. The lowest BCUT2D eigenvalue weighted by atomic mass is 10.1. The topological polar surface area (TPSA) is 107 Å². The first kappa shape index (κ1) is 15.7. The maximum Gasteiger partial charge on any atom is 0.326 e. The van der Waals surface area contributed by atoms with Crippen LogP contribution in [0.15, 0.2) is 18.2 Å². The van der Waals surface area contributed by atoms with Crippen LogP contribution in [0, 0.1) is 0 Å². The lowest BCUT2D eigenvalue weighted by Gasteiger charge is -2.20. The van der Waals surface area contributed by atoms with Gasteiger partial charge in [-0.3, -0.25) is 4.79 Å². The van der Waals surface area contributed by atoms with Crippen molar-refractivity contribution >= 4 is 22.8 Å². The van der Waals surface area contributed by atoms with E-state index in [2.05, 4.69) is 5.32 Å². The summed E-state index contributed by atoms with van der Waals surface area (Å²) in [4.78, 5) is 24.1. The summed E-state index contributed by atoms with van der Waals surface area (Å²) < 4.78 is 6.12. The van der Waals surface area contributed by atoms with Crippen molar-refractivity contribution in [1.82, 2.24) is 9.88 Å². The lowest BCUT2D eigenvalue weighted by Crippen LogP contribution is -2.40. The fourth-order valence-electron chi connectivity index (χ4n) is 2.31. The van der Waals surface area contributed by atoms with Crippen LogP contribution in [0.1, 0.15) is 31.1 Å². The highest BCUT2D eigenvalue weighted by Gasteiger charge is 2.28. The van der Waals surface area contributed by atoms with Crippen molar-refractivity contribution in [3.63, 3.8) is 0 Å². The molecule has 0 radical (unpaired) electrons. The van der Waals surface area contributed by atoms with E-state index in [1.807, 2.05) is 20.8 Å². The molecule has 1 aromatic heterocycles. The number of methoxy groups -OCH3 is 1. The van der Waals surface area contributed by atoms with Crippen molar-refractivity contribution in [2.75, 3.05) is 7.11 Å². The number of nitrogens with one attached hydrogen (secondary N) is 1. The predicted octanol–water partition coefficient (Wildman–Crippen LogP) is 1.81. The molecule has 118 valence electrons. The van der Waals surface area contributed by atoms with Crippen LogP contribution in [0.25, 0.3) is 10.9 Å². The molecule has 0 aliphatic carbocycles. The summed E-state index contributed by atoms with van der Waals surface area (Å²) in [7, 11) is 1.44. The zero-order valence-electron chi connectivity index (χ0n) is 12.9. The minimum Gasteiger partial charge on any atom is -0.496 e. The van der Waals surface area contributed by atoms with E-state index in [1.54, 1.807) is 18.2 Å². The van der Waals surface area contributed by atoms with Gasteiger partial charge in [-0.2, -0.15) is 0 Å². The highest BCUT2D eigenvalue weighted by molar-refractivity contribution is 6.14. The van der Waals surface area contributed by atoms with Crippen molar-refractivity contribution in [1.29, 1.82) is 0 Å². The molecule has 22 heavy (non-hydrogen) atoms. The molecule has 0 saturated heterocycles. The average Bonchev–Trinajstić information content (AvgIpc) is 2.68. The van der Waals surface area contributed by atoms with Crippen LogP contribution in [0.3, 0.4) is 0 Å². The van der Waals surface area contributed by atoms with Crippen LogP contribution in [0.5, 0.6) is 11.6 Å². The Balaban J connectivity index is 2.80. The number of carbonyl (C=O) groups is 2. The van der Waals surface area contributed by atoms with Crippen LogP contribution in [0.2, 0.25) is 0 Å². The van der Waals surface area contributed by atoms with Gasteiger partial charge in [-0.1, -0.05) is 6.07 Å². The molecule has 7 nitrogen and oxygen atoms in total. The van der Waals surface area contributed by atoms with E-state index in [4.69, 9.17) is 10.5 Å². The normalized spacial score (nSPS) is 11.5. The van der Waals surface area contributed by atoms with Gasteiger partial charge in [0.1, 0.15) is 11.3 Å². The molecule has 1 aromatic carbocycles. The molecule has 2 aromatic rings. The first-order valence-corrected chi connectivity index (χ1v) is 6.70. The van der Waals surface area contributed by atoms with Gasteiger partial charge in [0.05, 0.1) is 18.0 Å². The number of nitrogens with two attached hydrogens (primary N) is 1. The van der Waals surface area contributed by atoms with Gasteiger partial charge in [0.2, 0.25) is 5.88 Å². The van der Waals surface area contributed by atoms with Gasteiger partial charge in [0, 0.05) is 5.54 Å². The number of hydrogen-bond acceptors (Lipinski definition) is 4. The Bertz CT molecular complexity index is 756. The first-order valence-electron chi connectivity index (χ1n) is 6.70. The number of hydrogen-bond donors (Lipinski definition) is 3. The lowest BCUT2D eigenvalue weighted by molar-refractivity contribution is 0.0918. The van der Waals surface area contributed by atoms with E-state index in [1.165, 1.54) is 7.11 Å². The van der Waals surface area contributed by atoms with Gasteiger partial charge >= 0.3 is 6.03 Å². The number of amides is 2. The van der Waals surface area contributed by atoms with E-state index in [0.29, 0.717) is 16.7 Å². The maximum absolute atomic E-state index is 12.5. The Morgan fingerprint density at radius 1 is 1.32 bits per heavy atom. The SMILES string of the molecule is COc1cccc2c1c(C(=O)NC(C)(C)C)c(O)n2C(N)=O. The van der Waals surface area contributed by atoms with Gasteiger partial charge in [-0.25, -0.2) is 9.36 Å². The van der Waals surface area contributed by atoms with E-state index in [9.17, 15) is 14.7 Å². The molecule has 0 bridgehead atoms. The van der Waals surface area contributed by atoms with Crippen LogP contribution in [0.4, 0.5) is 4.79 Å². The largest absolute Gasteiger partial charge is 0.496 e. The number of ether oxygens (including phenoxy) is 1. The molecule has 0 aliphatic rings. The Morgan fingerprint density at radius 2 is 1.95 bits per heavy atom. The molecule has 2 amide bonds. The molecule has 0 unspecified atom stereocenters. The number of primary amides is 1. The fraction of sp³-hybridized carbons (Fsp3) is 0.333. The van der Waals surface area contributed by atoms with E-state index in [0.717, 1.165) is 4.57 Å². The van der Waals surface area contributed by atoms with Crippen LogP contribution in [-0.2, 0) is 0 Å². The first-order chi connectivity index (χ1) is 10.2. The maximum atomic E-state index is 12.5. The van der Waals surface area contributed by atoms with Gasteiger partial charge in [0.25, 0.3) is 5.91 Å². The van der Waals surface area contributed by atoms with E-state index < -0.39 is 23.4 Å². The molecule has 4 N–H and O–H groups in total. The van der Waals surface area contributed by atoms with Gasteiger partial charge in [0.15, 0.2) is 0 Å². The Kier molecular flexibility index (Phi) is 3.74. The van der Waals surface area contributed by atoms with Crippen molar-refractivity contribution in [2.45, 2.75) is 26.3 Å². The molecule has 7 heteroatoms. The summed E-state index contributed by atoms with van der Waals surface area (Å²) in [5, 5.41) is 13.4. The fourth-order valence-corrected chi connectivity index (χ4v) is 2.31. The van der Waals surface area contributed by atoms with Crippen molar-refractivity contribution in [3.05, 3.63) is 23.8 Å². The zero-order valence-corrected chi connectivity index (χ0v) is 12.9. The molecule has 1 heterocycles. The highest BCUT2D eigenvalue weighted by Crippen LogP contribution is 2.37. The minimum atomic E-state index is -0.884. The minimum absolute atomic E-state index is 0.0406. The van der Waals surface area contributed by atoms with Gasteiger partial charge in [-0.15, -0.1) is 0 Å². The predicted molar refractivity (Wildman–Crippen MR) is 82.4 cm³/mol. The van der Waals surface area contributed by atoms with E-state index >= 15 is 0 Å². The summed E-state index contributed by atoms with van der Waals surface area (Å²) >= 11 is 0. The summed E-state index contributed by atoms with van der Waals surface area (Å²) in [6.07, 6.45) is 0. The smallest absolute Gasteiger partial charge is 0.326 e. The molecule has 0 spiro atoms. The Morgan fingerprint density at radius 3 is 2.45 bits per heavy atom. The molecule has 0 atom stereocenters. The highest BCUT2D eigenvalue weighted by atomic mass is 16.5. The van der Waals surface area contributed by atoms with Gasteiger partial charge in [-0.05, 0) is 32.9 Å². The second kappa shape index (κ2) is 5.25. The third-order valence-corrected chi connectivity index (χ3v) is 3.09. The average molecular weight is 305 g/mol. The monoisotopic (exact) mass is 305 g/mol. The number of rotatable bonds is 2. The molecular formula is C15H19N3O4. The van der Waals surface area contributed by atoms with Crippen LogP contribution < -0.4 is 15.8 Å². The summed E-state index contributed by atoms with van der Waals surface area (Å²) in [6, 6.07) is 3.98. The Hall–Kier alpha value is -2.70. The number of aromatic hydroxyl groups is 1. The number of benzene rings is 1. The second-order valence-corrected chi connectivity index (χ2v) is 5.93. The molecule has 0 saturated carbocycles. The number of nitrogens with zero attached hydrogens (tertiary/aromatic N) is 1. The van der Waals surface area contributed by atoms with Crippen molar-refractivity contribution in [3.8, 4) is 11.6 Å². The standard InChI is InChI=1S/C15H19N3O4/c1-15(2,3)17-12(19)11-10-8(6-5-7-9(10)22-4)18(13(11)20)14(16)21/h5-7,20H,1-4H3,(H2,16,21)(H,17,19). The number of carbonyl (C=O) groups excluding carboxylic acids is 2. The molecule has 2 rings (SSSR count). The molecular weight excluding hydrogens is 286 g/mol. The van der Waals surface area contributed by atoms with Crippen LogP contribution in [-0.4, -0.2) is 34.3 Å². The van der Waals surface area contributed by atoms with Crippen molar-refractivity contribution < 1.29 is 19.4 Å².